The van der Waals surface area contributed by atoms with Gasteiger partial charge in [0.25, 0.3) is 5.91 Å². The summed E-state index contributed by atoms with van der Waals surface area (Å²) in [6, 6.07) is 9.52. The van der Waals surface area contributed by atoms with E-state index in [-0.39, 0.29) is 11.7 Å². The fourth-order valence-corrected chi connectivity index (χ4v) is 2.90. The van der Waals surface area contributed by atoms with Gasteiger partial charge in [0.15, 0.2) is 5.13 Å². The highest BCUT2D eigenvalue weighted by molar-refractivity contribution is 7.15. The van der Waals surface area contributed by atoms with Crippen molar-refractivity contribution in [3.8, 4) is 0 Å². The molecular formula is C16H13FN3O2S+. The number of halogens is 1. The molecule has 0 spiro atoms. The molecule has 2 heterocycles. The highest BCUT2D eigenvalue weighted by Gasteiger charge is 2.13. The summed E-state index contributed by atoms with van der Waals surface area (Å²) in [5.41, 5.74) is 1.16. The Morgan fingerprint density at radius 2 is 2.22 bits per heavy atom. The summed E-state index contributed by atoms with van der Waals surface area (Å²) in [6.07, 6.45) is 4.92. The van der Waals surface area contributed by atoms with E-state index in [4.69, 9.17) is 0 Å². The van der Waals surface area contributed by atoms with Crippen LogP contribution in [-0.2, 0) is 6.42 Å². The molecule has 0 saturated heterocycles. The van der Waals surface area contributed by atoms with Crippen molar-refractivity contribution in [2.24, 2.45) is 0 Å². The van der Waals surface area contributed by atoms with Crippen molar-refractivity contribution in [2.75, 3.05) is 5.32 Å². The number of rotatable bonds is 4. The molecule has 0 atom stereocenters. The minimum atomic E-state index is -0.361. The molecule has 2 N–H and O–H groups in total. The number of nitrogens with zero attached hydrogens (tertiary/aromatic N) is 2. The third kappa shape index (κ3) is 3.89. The van der Waals surface area contributed by atoms with E-state index in [1.165, 1.54) is 35.9 Å². The smallest absolute Gasteiger partial charge is 0.263 e. The maximum Gasteiger partial charge on any atom is 0.263 e. The van der Waals surface area contributed by atoms with Gasteiger partial charge in [0.05, 0.1) is 0 Å². The molecule has 2 aromatic heterocycles. The van der Waals surface area contributed by atoms with Gasteiger partial charge in [0.1, 0.15) is 11.4 Å². The maximum absolute atomic E-state index is 13.2. The summed E-state index contributed by atoms with van der Waals surface area (Å²) in [7, 11) is 0. The fourth-order valence-electron chi connectivity index (χ4n) is 2.06. The molecule has 0 radical (unpaired) electrons. The van der Waals surface area contributed by atoms with E-state index in [9.17, 15) is 14.4 Å². The minimum Gasteiger partial charge on any atom is -0.298 e. The molecule has 0 aliphatic heterocycles. The Balaban J connectivity index is 1.68. The molecule has 116 valence electrons. The van der Waals surface area contributed by atoms with Crippen molar-refractivity contribution in [1.82, 2.24) is 4.98 Å². The summed E-state index contributed by atoms with van der Waals surface area (Å²) in [5, 5.41) is 12.4. The van der Waals surface area contributed by atoms with Gasteiger partial charge in [-0.05, 0) is 23.8 Å². The van der Waals surface area contributed by atoms with Crippen LogP contribution in [-0.4, -0.2) is 16.1 Å². The second kappa shape index (κ2) is 6.53. The quantitative estimate of drug-likeness (QED) is 0.571. The number of carbonyl (C=O) groups excluding carboxylic acids is 1. The van der Waals surface area contributed by atoms with Gasteiger partial charge in [-0.25, -0.2) is 9.37 Å². The molecule has 0 bridgehead atoms. The Morgan fingerprint density at radius 3 is 3.00 bits per heavy atom. The van der Waals surface area contributed by atoms with Crippen LogP contribution in [0.1, 0.15) is 20.8 Å². The van der Waals surface area contributed by atoms with Crippen LogP contribution in [0.4, 0.5) is 9.52 Å². The first-order valence-electron chi connectivity index (χ1n) is 6.81. The Labute approximate surface area is 135 Å². The van der Waals surface area contributed by atoms with Gasteiger partial charge in [0, 0.05) is 28.3 Å². The largest absolute Gasteiger partial charge is 0.298 e. The van der Waals surface area contributed by atoms with Gasteiger partial charge in [0.2, 0.25) is 12.4 Å². The van der Waals surface area contributed by atoms with Crippen LogP contribution in [0.25, 0.3) is 0 Å². The maximum atomic E-state index is 13.2. The number of amides is 1. The lowest BCUT2D eigenvalue weighted by Crippen LogP contribution is -2.30. The summed E-state index contributed by atoms with van der Waals surface area (Å²) in [6.45, 7) is 0. The molecule has 0 aliphatic rings. The highest BCUT2D eigenvalue weighted by Crippen LogP contribution is 2.22. The third-order valence-electron chi connectivity index (χ3n) is 3.09. The Kier molecular flexibility index (Phi) is 4.29. The lowest BCUT2D eigenvalue weighted by Gasteiger charge is -1.99. The van der Waals surface area contributed by atoms with Crippen LogP contribution >= 0.6 is 11.3 Å². The lowest BCUT2D eigenvalue weighted by atomic mass is 10.1. The predicted molar refractivity (Wildman–Crippen MR) is 83.1 cm³/mol. The zero-order valence-electron chi connectivity index (χ0n) is 11.9. The van der Waals surface area contributed by atoms with Gasteiger partial charge >= 0.3 is 0 Å². The van der Waals surface area contributed by atoms with Crippen molar-refractivity contribution in [3.63, 3.8) is 0 Å². The van der Waals surface area contributed by atoms with Crippen molar-refractivity contribution in [3.05, 3.63) is 76.8 Å². The van der Waals surface area contributed by atoms with E-state index in [0.29, 0.717) is 17.1 Å². The molecule has 1 aromatic carbocycles. The SMILES string of the molecule is O=C(Nc1ncc(Cc2cccc(F)c2)s1)c1ccc[n+](O)c1. The van der Waals surface area contributed by atoms with E-state index in [1.807, 2.05) is 6.07 Å². The standard InChI is InChI=1S/C16H12FN3O2S/c17-13-5-1-3-11(7-13)8-14-9-18-16(23-14)19-15(21)12-4-2-6-20(22)10-12/h1-7,9-10H,8H2,(H-,18,19,21,22)/p+1. The highest BCUT2D eigenvalue weighted by atomic mass is 32.1. The molecular weight excluding hydrogens is 317 g/mol. The monoisotopic (exact) mass is 330 g/mol. The number of hydrogen-bond acceptors (Lipinski definition) is 4. The predicted octanol–water partition coefficient (Wildman–Crippen LogP) is 2.65. The van der Waals surface area contributed by atoms with Crippen molar-refractivity contribution in [2.45, 2.75) is 6.42 Å². The van der Waals surface area contributed by atoms with Crippen LogP contribution in [0, 0.1) is 5.82 Å². The molecule has 0 saturated carbocycles. The number of pyridine rings is 1. The summed E-state index contributed by atoms with van der Waals surface area (Å²) < 4.78 is 14.0. The molecule has 1 amide bonds. The minimum absolute atomic E-state index is 0.276. The third-order valence-corrected chi connectivity index (χ3v) is 4.00. The number of carbonyl (C=O) groups is 1. The number of anilines is 1. The second-order valence-corrected chi connectivity index (χ2v) is 5.98. The van der Waals surface area contributed by atoms with Gasteiger partial charge < -0.3 is 0 Å². The summed E-state index contributed by atoms with van der Waals surface area (Å²) in [4.78, 5) is 17.1. The Morgan fingerprint density at radius 1 is 1.35 bits per heavy atom. The molecule has 0 aliphatic carbocycles. The summed E-state index contributed by atoms with van der Waals surface area (Å²) >= 11 is 1.33. The van der Waals surface area contributed by atoms with Crippen LogP contribution < -0.4 is 10.0 Å². The Hall–Kier alpha value is -2.80. The average Bonchev–Trinajstić information content (AvgIpc) is 2.94. The zero-order valence-corrected chi connectivity index (χ0v) is 12.8. The molecule has 7 heteroatoms. The molecule has 5 nitrogen and oxygen atoms in total. The molecule has 0 unspecified atom stereocenters. The molecule has 23 heavy (non-hydrogen) atoms. The first kappa shape index (κ1) is 15.1. The number of hydrogen-bond donors (Lipinski definition) is 2. The normalized spacial score (nSPS) is 10.5. The molecule has 0 fully saturated rings. The van der Waals surface area contributed by atoms with Gasteiger partial charge in [-0.3, -0.25) is 15.3 Å². The zero-order chi connectivity index (χ0) is 16.2. The van der Waals surface area contributed by atoms with Gasteiger partial charge in [-0.15, -0.1) is 11.3 Å². The lowest BCUT2D eigenvalue weighted by molar-refractivity contribution is -0.904. The van der Waals surface area contributed by atoms with E-state index in [1.54, 1.807) is 24.4 Å². The van der Waals surface area contributed by atoms with Crippen LogP contribution in [0.15, 0.2) is 55.0 Å². The first-order chi connectivity index (χ1) is 11.1. The van der Waals surface area contributed by atoms with E-state index >= 15 is 0 Å². The van der Waals surface area contributed by atoms with Gasteiger partial charge in [-0.1, -0.05) is 12.1 Å². The second-order valence-electron chi connectivity index (χ2n) is 4.87. The van der Waals surface area contributed by atoms with Crippen molar-refractivity contribution < 1.29 is 19.1 Å². The number of aromatic nitrogens is 2. The number of thiazole rings is 1. The average molecular weight is 330 g/mol. The van der Waals surface area contributed by atoms with Gasteiger partial charge in [-0.2, -0.15) is 0 Å². The fraction of sp³-hybridized carbons (Fsp3) is 0.0625. The molecule has 3 rings (SSSR count). The van der Waals surface area contributed by atoms with E-state index in [2.05, 4.69) is 10.3 Å². The van der Waals surface area contributed by atoms with Crippen LogP contribution in [0.5, 0.6) is 0 Å². The van der Waals surface area contributed by atoms with Crippen molar-refractivity contribution >= 4 is 22.4 Å². The molecule has 3 aromatic rings. The van der Waals surface area contributed by atoms with Crippen LogP contribution in [0.2, 0.25) is 0 Å². The van der Waals surface area contributed by atoms with Crippen molar-refractivity contribution in [1.29, 1.82) is 0 Å². The van der Waals surface area contributed by atoms with Crippen LogP contribution in [0.3, 0.4) is 0 Å². The topological polar surface area (TPSA) is 66.1 Å². The number of nitrogens with one attached hydrogen (secondary N) is 1. The van der Waals surface area contributed by atoms with E-state index < -0.39 is 0 Å². The van der Waals surface area contributed by atoms with E-state index in [0.717, 1.165) is 15.2 Å². The summed E-state index contributed by atoms with van der Waals surface area (Å²) in [5.74, 6) is -0.637. The number of benzene rings is 1. The first-order valence-corrected chi connectivity index (χ1v) is 7.63. The Bertz CT molecular complexity index is 851.